The van der Waals surface area contributed by atoms with Crippen LogP contribution in [0, 0.1) is 5.92 Å². The molecule has 1 aromatic carbocycles. The number of hydrogen-bond acceptors (Lipinski definition) is 2. The smallest absolute Gasteiger partial charge is 0.320 e. The summed E-state index contributed by atoms with van der Waals surface area (Å²) in [6.45, 7) is 3.41. The van der Waals surface area contributed by atoms with Gasteiger partial charge in [-0.2, -0.15) is 0 Å². The lowest BCUT2D eigenvalue weighted by molar-refractivity contribution is -0.143. The molecule has 3 nitrogen and oxygen atoms in total. The van der Waals surface area contributed by atoms with Crippen molar-refractivity contribution < 1.29 is 9.90 Å². The van der Waals surface area contributed by atoms with Crippen LogP contribution in [0.25, 0.3) is 0 Å². The molecule has 1 fully saturated rings. The third kappa shape index (κ3) is 5.03. The van der Waals surface area contributed by atoms with Crippen molar-refractivity contribution in [2.24, 2.45) is 5.92 Å². The fourth-order valence-corrected chi connectivity index (χ4v) is 3.10. The number of piperidine rings is 1. The number of hydrogen-bond donors (Lipinski definition) is 1. The highest BCUT2D eigenvalue weighted by Crippen LogP contribution is 2.28. The van der Waals surface area contributed by atoms with Crippen molar-refractivity contribution >= 4 is 41.6 Å². The van der Waals surface area contributed by atoms with E-state index in [1.807, 2.05) is 17.0 Å². The Labute approximate surface area is 141 Å². The summed E-state index contributed by atoms with van der Waals surface area (Å²) >= 11 is 12.2. The molecule has 1 aliphatic rings. The molecule has 2 rings (SSSR count). The number of benzene rings is 1. The average Bonchev–Trinajstić information content (AvgIpc) is 2.43. The number of likely N-dealkylation sites (tertiary alicyclic amines) is 1. The third-order valence-corrected chi connectivity index (χ3v) is 4.67. The SMILES string of the molecule is CC(C(=O)O)N1CCC(Cc2cc(Cl)ccc2Cl)CC1.Cl. The molecule has 1 unspecified atom stereocenters. The molecule has 1 saturated heterocycles. The highest BCUT2D eigenvalue weighted by atomic mass is 35.5. The molecule has 0 saturated carbocycles. The summed E-state index contributed by atoms with van der Waals surface area (Å²) < 4.78 is 0. The first-order chi connectivity index (χ1) is 9.47. The molecule has 21 heavy (non-hydrogen) atoms. The summed E-state index contributed by atoms with van der Waals surface area (Å²) in [6, 6.07) is 5.16. The first-order valence-electron chi connectivity index (χ1n) is 6.88. The quantitative estimate of drug-likeness (QED) is 0.885. The number of carboxylic acid groups (broad SMARTS) is 1. The predicted molar refractivity (Wildman–Crippen MR) is 88.8 cm³/mol. The van der Waals surface area contributed by atoms with E-state index in [0.29, 0.717) is 10.9 Å². The van der Waals surface area contributed by atoms with Gasteiger partial charge in [-0.25, -0.2) is 0 Å². The van der Waals surface area contributed by atoms with Crippen molar-refractivity contribution in [3.8, 4) is 0 Å². The van der Waals surface area contributed by atoms with E-state index < -0.39 is 12.0 Å². The Morgan fingerprint density at radius 1 is 1.38 bits per heavy atom. The highest BCUT2D eigenvalue weighted by Gasteiger charge is 2.26. The van der Waals surface area contributed by atoms with Crippen LogP contribution < -0.4 is 0 Å². The third-order valence-electron chi connectivity index (χ3n) is 4.07. The van der Waals surface area contributed by atoms with Crippen molar-refractivity contribution in [3.63, 3.8) is 0 Å². The van der Waals surface area contributed by atoms with Gasteiger partial charge >= 0.3 is 5.97 Å². The molecular weight excluding hydrogens is 333 g/mol. The zero-order valence-electron chi connectivity index (χ0n) is 11.9. The van der Waals surface area contributed by atoms with Gasteiger partial charge in [0.1, 0.15) is 6.04 Å². The van der Waals surface area contributed by atoms with E-state index in [1.165, 1.54) is 0 Å². The minimum absolute atomic E-state index is 0. The van der Waals surface area contributed by atoms with E-state index in [-0.39, 0.29) is 12.4 Å². The monoisotopic (exact) mass is 351 g/mol. The average molecular weight is 353 g/mol. The van der Waals surface area contributed by atoms with Crippen LogP contribution >= 0.6 is 35.6 Å². The Kier molecular flexibility index (Phi) is 7.28. The number of rotatable bonds is 4. The Balaban J connectivity index is 0.00000220. The zero-order valence-corrected chi connectivity index (χ0v) is 14.2. The van der Waals surface area contributed by atoms with Gasteiger partial charge < -0.3 is 5.11 Å². The highest BCUT2D eigenvalue weighted by molar-refractivity contribution is 6.33. The molecule has 0 aromatic heterocycles. The van der Waals surface area contributed by atoms with Crippen LogP contribution in [0.4, 0.5) is 0 Å². The molecule has 1 heterocycles. The Hall–Kier alpha value is -0.480. The normalized spacial score (nSPS) is 18.0. The molecule has 1 aromatic rings. The fourth-order valence-electron chi connectivity index (χ4n) is 2.71. The molecule has 118 valence electrons. The molecule has 1 N–H and O–H groups in total. The second-order valence-corrected chi connectivity index (χ2v) is 6.28. The van der Waals surface area contributed by atoms with Gasteiger partial charge in [0.25, 0.3) is 0 Å². The Bertz CT molecular complexity index is 488. The Morgan fingerprint density at radius 2 is 2.00 bits per heavy atom. The van der Waals surface area contributed by atoms with Crippen LogP contribution in [0.1, 0.15) is 25.3 Å². The number of carboxylic acids is 1. The van der Waals surface area contributed by atoms with Gasteiger partial charge in [-0.05, 0) is 69.0 Å². The number of halogens is 3. The summed E-state index contributed by atoms with van der Waals surface area (Å²) in [5.41, 5.74) is 1.09. The van der Waals surface area contributed by atoms with Gasteiger partial charge in [0.15, 0.2) is 0 Å². The minimum atomic E-state index is -0.749. The van der Waals surface area contributed by atoms with Crippen molar-refractivity contribution in [2.45, 2.75) is 32.2 Å². The van der Waals surface area contributed by atoms with Crippen LogP contribution in [0.3, 0.4) is 0 Å². The topological polar surface area (TPSA) is 40.5 Å². The van der Waals surface area contributed by atoms with Crippen LogP contribution in [0.2, 0.25) is 10.0 Å². The molecule has 0 radical (unpaired) electrons. The van der Waals surface area contributed by atoms with Gasteiger partial charge in [-0.15, -0.1) is 12.4 Å². The summed E-state index contributed by atoms with van der Waals surface area (Å²) in [6.07, 6.45) is 2.91. The maximum atomic E-state index is 11.0. The number of nitrogens with zero attached hydrogens (tertiary/aromatic N) is 1. The van der Waals surface area contributed by atoms with Crippen LogP contribution in [-0.2, 0) is 11.2 Å². The maximum Gasteiger partial charge on any atom is 0.320 e. The molecule has 6 heteroatoms. The second-order valence-electron chi connectivity index (χ2n) is 5.43. The van der Waals surface area contributed by atoms with E-state index >= 15 is 0 Å². The molecule has 0 bridgehead atoms. The van der Waals surface area contributed by atoms with Gasteiger partial charge in [0.2, 0.25) is 0 Å². The van der Waals surface area contributed by atoms with E-state index in [0.717, 1.165) is 42.9 Å². The van der Waals surface area contributed by atoms with Gasteiger partial charge in [0.05, 0.1) is 0 Å². The van der Waals surface area contributed by atoms with Gasteiger partial charge in [0, 0.05) is 10.0 Å². The lowest BCUT2D eigenvalue weighted by atomic mass is 9.89. The largest absolute Gasteiger partial charge is 0.480 e. The first kappa shape index (κ1) is 18.6. The second kappa shape index (κ2) is 8.23. The standard InChI is InChI=1S/C15H19Cl2NO2.ClH/c1-10(15(19)20)18-6-4-11(5-7-18)8-12-9-13(16)2-3-14(12)17;/h2-3,9-11H,4-8H2,1H3,(H,19,20);1H. The molecule has 0 aliphatic carbocycles. The lowest BCUT2D eigenvalue weighted by Crippen LogP contribution is -2.44. The van der Waals surface area contributed by atoms with Crippen LogP contribution in [0.15, 0.2) is 18.2 Å². The van der Waals surface area contributed by atoms with E-state index in [4.69, 9.17) is 28.3 Å². The van der Waals surface area contributed by atoms with E-state index in [9.17, 15) is 4.79 Å². The van der Waals surface area contributed by atoms with Crippen molar-refractivity contribution in [1.82, 2.24) is 4.90 Å². The van der Waals surface area contributed by atoms with Crippen molar-refractivity contribution in [1.29, 1.82) is 0 Å². The first-order valence-corrected chi connectivity index (χ1v) is 7.63. The number of carbonyl (C=O) groups is 1. The van der Waals surface area contributed by atoms with E-state index in [1.54, 1.807) is 13.0 Å². The van der Waals surface area contributed by atoms with Gasteiger partial charge in [-0.3, -0.25) is 9.69 Å². The number of aliphatic carboxylic acids is 1. The minimum Gasteiger partial charge on any atom is -0.480 e. The summed E-state index contributed by atoms with van der Waals surface area (Å²) in [4.78, 5) is 13.0. The van der Waals surface area contributed by atoms with Crippen molar-refractivity contribution in [2.75, 3.05) is 13.1 Å². The zero-order chi connectivity index (χ0) is 14.7. The van der Waals surface area contributed by atoms with Crippen LogP contribution in [-0.4, -0.2) is 35.1 Å². The molecule has 0 spiro atoms. The lowest BCUT2D eigenvalue weighted by Gasteiger charge is -2.34. The predicted octanol–water partition coefficient (Wildman–Crippen LogP) is 4.14. The molecular formula is C15H20Cl3NO2. The van der Waals surface area contributed by atoms with Gasteiger partial charge in [-0.1, -0.05) is 23.2 Å². The molecule has 1 aliphatic heterocycles. The summed E-state index contributed by atoms with van der Waals surface area (Å²) in [5, 5.41) is 10.5. The maximum absolute atomic E-state index is 11.0. The summed E-state index contributed by atoms with van der Waals surface area (Å²) in [5.74, 6) is -0.204. The van der Waals surface area contributed by atoms with Crippen LogP contribution in [0.5, 0.6) is 0 Å². The van der Waals surface area contributed by atoms with E-state index in [2.05, 4.69) is 0 Å². The van der Waals surface area contributed by atoms with Crippen molar-refractivity contribution in [3.05, 3.63) is 33.8 Å². The molecule has 1 atom stereocenters. The fraction of sp³-hybridized carbons (Fsp3) is 0.533. The summed E-state index contributed by atoms with van der Waals surface area (Å²) in [7, 11) is 0. The Morgan fingerprint density at radius 3 is 2.57 bits per heavy atom. The molecule has 0 amide bonds.